The summed E-state index contributed by atoms with van der Waals surface area (Å²) in [4.78, 5) is 25.2. The number of methoxy groups -OCH3 is 1. The van der Waals surface area contributed by atoms with Crippen LogP contribution in [0, 0.1) is 0 Å². The van der Waals surface area contributed by atoms with Gasteiger partial charge in [0.25, 0.3) is 5.91 Å². The molecule has 7 heteroatoms. The minimum atomic E-state index is -0.805. The number of carbonyl (C=O) groups excluding carboxylic acids is 2. The SMILES string of the molecule is COC(=O)C1CN(C(=O)c2cccc(N)c2O)CCO1. The Morgan fingerprint density at radius 2 is 2.25 bits per heavy atom. The third kappa shape index (κ3) is 2.67. The number of carbonyl (C=O) groups is 2. The lowest BCUT2D eigenvalue weighted by Gasteiger charge is -2.31. The van der Waals surface area contributed by atoms with Crippen molar-refractivity contribution in [3.63, 3.8) is 0 Å². The smallest absolute Gasteiger partial charge is 0.336 e. The Balaban J connectivity index is 2.16. The summed E-state index contributed by atoms with van der Waals surface area (Å²) in [7, 11) is 1.26. The monoisotopic (exact) mass is 280 g/mol. The molecular weight excluding hydrogens is 264 g/mol. The second-order valence-electron chi connectivity index (χ2n) is 4.38. The molecule has 20 heavy (non-hydrogen) atoms. The van der Waals surface area contributed by atoms with Crippen LogP contribution in [0.25, 0.3) is 0 Å². The second kappa shape index (κ2) is 5.79. The fourth-order valence-electron chi connectivity index (χ4n) is 2.01. The van der Waals surface area contributed by atoms with Gasteiger partial charge >= 0.3 is 5.97 Å². The number of ether oxygens (including phenoxy) is 2. The highest BCUT2D eigenvalue weighted by Gasteiger charge is 2.31. The van der Waals surface area contributed by atoms with Crippen LogP contribution in [0.4, 0.5) is 5.69 Å². The van der Waals surface area contributed by atoms with Crippen molar-refractivity contribution in [1.82, 2.24) is 4.90 Å². The predicted molar refractivity (Wildman–Crippen MR) is 70.2 cm³/mol. The van der Waals surface area contributed by atoms with Gasteiger partial charge in [-0.15, -0.1) is 0 Å². The highest BCUT2D eigenvalue weighted by atomic mass is 16.6. The van der Waals surface area contributed by atoms with Crippen molar-refractivity contribution < 1.29 is 24.2 Å². The first-order chi connectivity index (χ1) is 9.54. The first-order valence-electron chi connectivity index (χ1n) is 6.10. The van der Waals surface area contributed by atoms with Gasteiger partial charge in [0.05, 0.1) is 31.5 Å². The number of phenols is 1. The maximum atomic E-state index is 12.3. The number of esters is 1. The molecule has 0 aliphatic carbocycles. The molecule has 1 aromatic carbocycles. The van der Waals surface area contributed by atoms with Crippen LogP contribution in [0.5, 0.6) is 5.75 Å². The number of amides is 1. The van der Waals surface area contributed by atoms with Crippen molar-refractivity contribution in [1.29, 1.82) is 0 Å². The summed E-state index contributed by atoms with van der Waals surface area (Å²) >= 11 is 0. The molecular formula is C13H16N2O5. The molecule has 3 N–H and O–H groups in total. The Kier molecular flexibility index (Phi) is 4.09. The molecule has 0 spiro atoms. The summed E-state index contributed by atoms with van der Waals surface area (Å²) in [5, 5.41) is 9.82. The van der Waals surface area contributed by atoms with E-state index in [-0.39, 0.29) is 30.2 Å². The zero-order chi connectivity index (χ0) is 14.7. The van der Waals surface area contributed by atoms with Crippen molar-refractivity contribution in [3.8, 4) is 5.75 Å². The Labute approximate surface area is 115 Å². The fourth-order valence-corrected chi connectivity index (χ4v) is 2.01. The average Bonchev–Trinajstić information content (AvgIpc) is 2.48. The van der Waals surface area contributed by atoms with Crippen LogP contribution >= 0.6 is 0 Å². The minimum absolute atomic E-state index is 0.0831. The molecule has 2 rings (SSSR count). The Bertz CT molecular complexity index is 531. The molecule has 1 fully saturated rings. The molecule has 1 amide bonds. The van der Waals surface area contributed by atoms with Gasteiger partial charge in [-0.25, -0.2) is 4.79 Å². The highest BCUT2D eigenvalue weighted by molar-refractivity contribution is 5.98. The molecule has 1 aliphatic rings. The molecule has 108 valence electrons. The van der Waals surface area contributed by atoms with Crippen molar-refractivity contribution in [3.05, 3.63) is 23.8 Å². The van der Waals surface area contributed by atoms with E-state index < -0.39 is 18.0 Å². The molecule has 1 saturated heterocycles. The number of morpholine rings is 1. The van der Waals surface area contributed by atoms with E-state index in [0.29, 0.717) is 6.54 Å². The topological polar surface area (TPSA) is 102 Å². The van der Waals surface area contributed by atoms with E-state index in [9.17, 15) is 14.7 Å². The number of nitrogen functional groups attached to an aromatic ring is 1. The number of anilines is 1. The molecule has 7 nitrogen and oxygen atoms in total. The number of benzene rings is 1. The summed E-state index contributed by atoms with van der Waals surface area (Å²) in [6.07, 6.45) is -0.805. The quantitative estimate of drug-likeness (QED) is 0.449. The van der Waals surface area contributed by atoms with E-state index in [4.69, 9.17) is 10.5 Å². The number of nitrogens with two attached hydrogens (primary N) is 1. The molecule has 0 saturated carbocycles. The van der Waals surface area contributed by atoms with Crippen LogP contribution in [0.2, 0.25) is 0 Å². The first kappa shape index (κ1) is 14.1. The lowest BCUT2D eigenvalue weighted by molar-refractivity contribution is -0.158. The van der Waals surface area contributed by atoms with Crippen LogP contribution in [-0.2, 0) is 14.3 Å². The number of rotatable bonds is 2. The number of aromatic hydroxyl groups is 1. The van der Waals surface area contributed by atoms with E-state index in [2.05, 4.69) is 4.74 Å². The molecule has 1 aromatic rings. The third-order valence-electron chi connectivity index (χ3n) is 3.12. The molecule has 1 aliphatic heterocycles. The zero-order valence-corrected chi connectivity index (χ0v) is 11.0. The number of para-hydroxylation sites is 1. The number of hydrogen-bond acceptors (Lipinski definition) is 6. The number of hydrogen-bond donors (Lipinski definition) is 2. The van der Waals surface area contributed by atoms with E-state index in [1.165, 1.54) is 24.1 Å². The van der Waals surface area contributed by atoms with Gasteiger partial charge in [0, 0.05) is 6.54 Å². The maximum Gasteiger partial charge on any atom is 0.336 e. The van der Waals surface area contributed by atoms with Crippen LogP contribution < -0.4 is 5.73 Å². The minimum Gasteiger partial charge on any atom is -0.505 e. The van der Waals surface area contributed by atoms with Gasteiger partial charge in [0.15, 0.2) is 11.9 Å². The highest BCUT2D eigenvalue weighted by Crippen LogP contribution is 2.26. The van der Waals surface area contributed by atoms with Crippen LogP contribution in [-0.4, -0.2) is 54.8 Å². The van der Waals surface area contributed by atoms with Crippen LogP contribution in [0.3, 0.4) is 0 Å². The van der Waals surface area contributed by atoms with Gasteiger partial charge in [-0.05, 0) is 12.1 Å². The zero-order valence-electron chi connectivity index (χ0n) is 11.0. The molecule has 0 aromatic heterocycles. The van der Waals surface area contributed by atoms with Crippen LogP contribution in [0.1, 0.15) is 10.4 Å². The van der Waals surface area contributed by atoms with Gasteiger partial charge in [0.1, 0.15) is 0 Å². The van der Waals surface area contributed by atoms with E-state index in [1.54, 1.807) is 6.07 Å². The molecule has 1 unspecified atom stereocenters. The fraction of sp³-hybridized carbons (Fsp3) is 0.385. The van der Waals surface area contributed by atoms with Gasteiger partial charge in [-0.3, -0.25) is 4.79 Å². The summed E-state index contributed by atoms with van der Waals surface area (Å²) in [6, 6.07) is 4.57. The number of phenolic OH excluding ortho intramolecular Hbond substituents is 1. The van der Waals surface area contributed by atoms with E-state index in [1.807, 2.05) is 0 Å². The van der Waals surface area contributed by atoms with Crippen molar-refractivity contribution in [2.45, 2.75) is 6.10 Å². The summed E-state index contributed by atoms with van der Waals surface area (Å²) in [5.74, 6) is -1.18. The largest absolute Gasteiger partial charge is 0.505 e. The van der Waals surface area contributed by atoms with Crippen molar-refractivity contribution in [2.75, 3.05) is 32.5 Å². The number of nitrogens with zero attached hydrogens (tertiary/aromatic N) is 1. The normalized spacial score (nSPS) is 18.6. The Hall–Kier alpha value is -2.28. The van der Waals surface area contributed by atoms with Crippen molar-refractivity contribution in [2.24, 2.45) is 0 Å². The van der Waals surface area contributed by atoms with Gasteiger partial charge in [0.2, 0.25) is 0 Å². The van der Waals surface area contributed by atoms with Crippen LogP contribution in [0.15, 0.2) is 18.2 Å². The summed E-state index contributed by atoms with van der Waals surface area (Å²) < 4.78 is 9.84. The maximum absolute atomic E-state index is 12.3. The van der Waals surface area contributed by atoms with E-state index in [0.717, 1.165) is 0 Å². The lowest BCUT2D eigenvalue weighted by Crippen LogP contribution is -2.48. The predicted octanol–water partition coefficient (Wildman–Crippen LogP) is -0.0116. The molecule has 0 bridgehead atoms. The van der Waals surface area contributed by atoms with Gasteiger partial charge in [-0.1, -0.05) is 6.07 Å². The van der Waals surface area contributed by atoms with Gasteiger partial charge in [-0.2, -0.15) is 0 Å². The average molecular weight is 280 g/mol. The van der Waals surface area contributed by atoms with Crippen molar-refractivity contribution >= 4 is 17.6 Å². The first-order valence-corrected chi connectivity index (χ1v) is 6.10. The molecule has 1 atom stereocenters. The van der Waals surface area contributed by atoms with Gasteiger partial charge < -0.3 is 25.2 Å². The Morgan fingerprint density at radius 3 is 2.95 bits per heavy atom. The second-order valence-corrected chi connectivity index (χ2v) is 4.38. The Morgan fingerprint density at radius 1 is 1.50 bits per heavy atom. The van der Waals surface area contributed by atoms with E-state index >= 15 is 0 Å². The standard InChI is InChI=1S/C13H16N2O5/c1-19-13(18)10-7-15(5-6-20-10)12(17)8-3-2-4-9(14)11(8)16/h2-4,10,16H,5-7,14H2,1H3. The third-order valence-corrected chi connectivity index (χ3v) is 3.12. The molecule has 0 radical (unpaired) electrons. The lowest BCUT2D eigenvalue weighted by atomic mass is 10.1. The molecule has 1 heterocycles. The summed E-state index contributed by atoms with van der Waals surface area (Å²) in [5.41, 5.74) is 5.81. The summed E-state index contributed by atoms with van der Waals surface area (Å²) in [6.45, 7) is 0.648.